The molecule has 1 aromatic rings. The first-order valence-electron chi connectivity index (χ1n) is 5.26. The molecule has 3 nitrogen and oxygen atoms in total. The SMILES string of the molecule is C=CCN1CCN(c2ccc(F)c(Cl)c2)C1=O. The van der Waals surface area contributed by atoms with Crippen molar-refractivity contribution in [2.75, 3.05) is 24.5 Å². The maximum absolute atomic E-state index is 13.0. The monoisotopic (exact) mass is 254 g/mol. The molecule has 1 fully saturated rings. The Kier molecular flexibility index (Phi) is 3.33. The largest absolute Gasteiger partial charge is 0.324 e. The number of urea groups is 1. The van der Waals surface area contributed by atoms with Gasteiger partial charge in [0.2, 0.25) is 0 Å². The van der Waals surface area contributed by atoms with Gasteiger partial charge in [0.25, 0.3) is 0 Å². The number of hydrogen-bond acceptors (Lipinski definition) is 1. The molecule has 0 aromatic heterocycles. The molecule has 0 bridgehead atoms. The fraction of sp³-hybridized carbons (Fsp3) is 0.250. The third-order valence-electron chi connectivity index (χ3n) is 2.66. The number of benzene rings is 1. The van der Waals surface area contributed by atoms with Crippen LogP contribution >= 0.6 is 11.6 Å². The van der Waals surface area contributed by atoms with Crippen molar-refractivity contribution in [3.05, 3.63) is 41.7 Å². The van der Waals surface area contributed by atoms with E-state index in [0.717, 1.165) is 0 Å². The van der Waals surface area contributed by atoms with Gasteiger partial charge in [-0.2, -0.15) is 0 Å². The highest BCUT2D eigenvalue weighted by atomic mass is 35.5. The first kappa shape index (κ1) is 11.9. The standard InChI is InChI=1S/C12H12ClFN2O/c1-2-5-15-6-7-16(12(15)17)9-3-4-11(14)10(13)8-9/h2-4,8H,1,5-7H2. The van der Waals surface area contributed by atoms with Crippen LogP contribution in [0.1, 0.15) is 0 Å². The Morgan fingerprint density at radius 3 is 2.88 bits per heavy atom. The van der Waals surface area contributed by atoms with Crippen molar-refractivity contribution >= 4 is 23.3 Å². The Balaban J connectivity index is 2.21. The van der Waals surface area contributed by atoms with E-state index in [-0.39, 0.29) is 11.1 Å². The molecule has 2 amide bonds. The van der Waals surface area contributed by atoms with Gasteiger partial charge in [-0.25, -0.2) is 9.18 Å². The molecule has 0 aliphatic carbocycles. The van der Waals surface area contributed by atoms with Gasteiger partial charge in [-0.15, -0.1) is 6.58 Å². The molecule has 17 heavy (non-hydrogen) atoms. The Morgan fingerprint density at radius 1 is 1.47 bits per heavy atom. The van der Waals surface area contributed by atoms with E-state index in [1.165, 1.54) is 12.1 Å². The third kappa shape index (κ3) is 2.26. The highest BCUT2D eigenvalue weighted by Crippen LogP contribution is 2.25. The van der Waals surface area contributed by atoms with Crippen LogP contribution in [0.3, 0.4) is 0 Å². The molecule has 1 aliphatic rings. The van der Waals surface area contributed by atoms with Crippen LogP contribution in [-0.2, 0) is 0 Å². The van der Waals surface area contributed by atoms with Crippen LogP contribution in [0.5, 0.6) is 0 Å². The second-order valence-corrected chi connectivity index (χ2v) is 4.17. The van der Waals surface area contributed by atoms with Gasteiger partial charge in [0.1, 0.15) is 5.82 Å². The van der Waals surface area contributed by atoms with Gasteiger partial charge in [-0.05, 0) is 18.2 Å². The molecule has 0 spiro atoms. The van der Waals surface area contributed by atoms with E-state index >= 15 is 0 Å². The first-order chi connectivity index (χ1) is 8.13. The fourth-order valence-electron chi connectivity index (χ4n) is 1.80. The summed E-state index contributed by atoms with van der Waals surface area (Å²) in [7, 11) is 0. The zero-order chi connectivity index (χ0) is 12.4. The van der Waals surface area contributed by atoms with Crippen LogP contribution in [0.25, 0.3) is 0 Å². The highest BCUT2D eigenvalue weighted by Gasteiger charge is 2.28. The summed E-state index contributed by atoms with van der Waals surface area (Å²) in [6.07, 6.45) is 1.68. The van der Waals surface area contributed by atoms with Crippen molar-refractivity contribution in [2.45, 2.75) is 0 Å². The number of nitrogens with zero attached hydrogens (tertiary/aromatic N) is 2. The zero-order valence-electron chi connectivity index (χ0n) is 9.20. The Labute approximate surface area is 104 Å². The zero-order valence-corrected chi connectivity index (χ0v) is 9.95. The molecule has 0 atom stereocenters. The molecule has 1 aromatic carbocycles. The van der Waals surface area contributed by atoms with Crippen molar-refractivity contribution in [1.29, 1.82) is 0 Å². The average molecular weight is 255 g/mol. The van der Waals surface area contributed by atoms with E-state index in [4.69, 9.17) is 11.6 Å². The predicted octanol–water partition coefficient (Wildman–Crippen LogP) is 2.91. The van der Waals surface area contributed by atoms with E-state index in [1.807, 2.05) is 0 Å². The molecule has 0 N–H and O–H groups in total. The van der Waals surface area contributed by atoms with E-state index in [2.05, 4.69) is 6.58 Å². The maximum atomic E-state index is 13.0. The summed E-state index contributed by atoms with van der Waals surface area (Å²) in [6, 6.07) is 4.18. The Bertz CT molecular complexity index is 464. The lowest BCUT2D eigenvalue weighted by atomic mass is 10.3. The van der Waals surface area contributed by atoms with Gasteiger partial charge >= 0.3 is 6.03 Å². The minimum Gasteiger partial charge on any atom is -0.319 e. The third-order valence-corrected chi connectivity index (χ3v) is 2.95. The number of carbonyl (C=O) groups excluding carboxylic acids is 1. The van der Waals surface area contributed by atoms with E-state index in [1.54, 1.807) is 21.9 Å². The fourth-order valence-corrected chi connectivity index (χ4v) is 1.98. The van der Waals surface area contributed by atoms with Gasteiger partial charge in [0.15, 0.2) is 0 Å². The van der Waals surface area contributed by atoms with Crippen LogP contribution in [0.2, 0.25) is 5.02 Å². The van der Waals surface area contributed by atoms with Crippen LogP contribution < -0.4 is 4.90 Å². The van der Waals surface area contributed by atoms with E-state index in [9.17, 15) is 9.18 Å². The molecule has 2 rings (SSSR count). The maximum Gasteiger partial charge on any atom is 0.324 e. The smallest absolute Gasteiger partial charge is 0.319 e. The lowest BCUT2D eigenvalue weighted by Crippen LogP contribution is -2.31. The normalized spacial score (nSPS) is 15.5. The minimum absolute atomic E-state index is 0.0254. The molecule has 0 unspecified atom stereocenters. The predicted molar refractivity (Wildman–Crippen MR) is 65.9 cm³/mol. The van der Waals surface area contributed by atoms with Crippen LogP contribution in [0, 0.1) is 5.82 Å². The summed E-state index contributed by atoms with van der Waals surface area (Å²) < 4.78 is 13.0. The van der Waals surface area contributed by atoms with Gasteiger partial charge < -0.3 is 4.90 Å². The number of carbonyl (C=O) groups is 1. The average Bonchev–Trinajstić information content (AvgIpc) is 2.66. The molecule has 0 saturated carbocycles. The van der Waals surface area contributed by atoms with Crippen LogP contribution in [0.15, 0.2) is 30.9 Å². The summed E-state index contributed by atoms with van der Waals surface area (Å²) in [4.78, 5) is 15.2. The van der Waals surface area contributed by atoms with E-state index in [0.29, 0.717) is 25.3 Å². The first-order valence-corrected chi connectivity index (χ1v) is 5.63. The summed E-state index contributed by atoms with van der Waals surface area (Å²) in [6.45, 7) is 5.33. The molecule has 1 aliphatic heterocycles. The minimum atomic E-state index is -0.481. The summed E-state index contributed by atoms with van der Waals surface area (Å²) >= 11 is 5.69. The number of anilines is 1. The van der Waals surface area contributed by atoms with Crippen LogP contribution in [-0.4, -0.2) is 30.6 Å². The Hall–Kier alpha value is -1.55. The number of halogens is 2. The highest BCUT2D eigenvalue weighted by molar-refractivity contribution is 6.31. The number of rotatable bonds is 3. The topological polar surface area (TPSA) is 23.6 Å². The number of amides is 2. The summed E-state index contributed by atoms with van der Waals surface area (Å²) in [5, 5.41) is 0.0254. The molecule has 0 radical (unpaired) electrons. The van der Waals surface area contributed by atoms with Crippen molar-refractivity contribution in [3.8, 4) is 0 Å². The van der Waals surface area contributed by atoms with Crippen molar-refractivity contribution in [3.63, 3.8) is 0 Å². The molecule has 1 saturated heterocycles. The van der Waals surface area contributed by atoms with Crippen molar-refractivity contribution in [1.82, 2.24) is 4.90 Å². The van der Waals surface area contributed by atoms with Gasteiger partial charge in [-0.1, -0.05) is 17.7 Å². The lowest BCUT2D eigenvalue weighted by molar-refractivity contribution is 0.225. The van der Waals surface area contributed by atoms with E-state index < -0.39 is 5.82 Å². The van der Waals surface area contributed by atoms with Gasteiger partial charge in [0, 0.05) is 25.3 Å². The quantitative estimate of drug-likeness (QED) is 0.761. The molecule has 1 heterocycles. The number of hydrogen-bond donors (Lipinski definition) is 0. The molecular formula is C12H12ClFN2O. The second-order valence-electron chi connectivity index (χ2n) is 3.77. The van der Waals surface area contributed by atoms with Crippen molar-refractivity contribution < 1.29 is 9.18 Å². The lowest BCUT2D eigenvalue weighted by Gasteiger charge is -2.17. The van der Waals surface area contributed by atoms with Gasteiger partial charge in [-0.3, -0.25) is 4.90 Å². The van der Waals surface area contributed by atoms with Crippen LogP contribution in [0.4, 0.5) is 14.9 Å². The molecule has 5 heteroatoms. The Morgan fingerprint density at radius 2 is 2.24 bits per heavy atom. The van der Waals surface area contributed by atoms with Gasteiger partial charge in [0.05, 0.1) is 5.02 Å². The second kappa shape index (κ2) is 4.75. The summed E-state index contributed by atoms with van der Waals surface area (Å²) in [5.74, 6) is -0.481. The summed E-state index contributed by atoms with van der Waals surface area (Å²) in [5.41, 5.74) is 0.618. The molecule has 90 valence electrons. The molecular weight excluding hydrogens is 243 g/mol. The van der Waals surface area contributed by atoms with Crippen molar-refractivity contribution in [2.24, 2.45) is 0 Å².